The Hall–Kier alpha value is -2.69. The Labute approximate surface area is 128 Å². The zero-order valence-electron chi connectivity index (χ0n) is 12.5. The first-order valence-corrected chi connectivity index (χ1v) is 6.89. The molecule has 0 aliphatic heterocycles. The standard InChI is InChI=1S/C17H17NO4/c1-12-5-6-14(10-13(12)2)16(19)21-8-9-22-17(20)15-4-3-7-18-11-15/h3-7,10-11H,8-9H2,1-2H3. The molecule has 0 atom stereocenters. The third-order valence-corrected chi connectivity index (χ3v) is 3.19. The van der Waals surface area contributed by atoms with E-state index in [9.17, 15) is 9.59 Å². The number of pyridine rings is 1. The van der Waals surface area contributed by atoms with Crippen LogP contribution < -0.4 is 0 Å². The Morgan fingerprint density at radius 3 is 2.23 bits per heavy atom. The van der Waals surface area contributed by atoms with Gasteiger partial charge in [-0.25, -0.2) is 9.59 Å². The molecule has 114 valence electrons. The molecule has 5 heteroatoms. The molecule has 0 fully saturated rings. The Morgan fingerprint density at radius 2 is 1.64 bits per heavy atom. The molecule has 2 aromatic rings. The first kappa shape index (κ1) is 15.7. The fraction of sp³-hybridized carbons (Fsp3) is 0.235. The smallest absolute Gasteiger partial charge is 0.339 e. The van der Waals surface area contributed by atoms with Crippen LogP contribution in [0.15, 0.2) is 42.7 Å². The SMILES string of the molecule is Cc1ccc(C(=O)OCCOC(=O)c2cccnc2)cc1C. The van der Waals surface area contributed by atoms with Gasteiger partial charge in [-0.05, 0) is 49.2 Å². The maximum atomic E-state index is 11.9. The molecule has 0 saturated carbocycles. The summed E-state index contributed by atoms with van der Waals surface area (Å²) in [6.45, 7) is 3.92. The number of rotatable bonds is 5. The van der Waals surface area contributed by atoms with Gasteiger partial charge in [0.25, 0.3) is 0 Å². The number of carbonyl (C=O) groups excluding carboxylic acids is 2. The summed E-state index contributed by atoms with van der Waals surface area (Å²) >= 11 is 0. The minimum atomic E-state index is -0.490. The number of aryl methyl sites for hydroxylation is 2. The molecule has 0 aliphatic rings. The molecule has 1 aromatic heterocycles. The lowest BCUT2D eigenvalue weighted by Crippen LogP contribution is -2.14. The van der Waals surface area contributed by atoms with Gasteiger partial charge in [-0.3, -0.25) is 4.98 Å². The Balaban J connectivity index is 1.78. The summed E-state index contributed by atoms with van der Waals surface area (Å²) in [5.74, 6) is -0.921. The van der Waals surface area contributed by atoms with E-state index in [1.807, 2.05) is 19.9 Å². The number of esters is 2. The Morgan fingerprint density at radius 1 is 0.955 bits per heavy atom. The van der Waals surface area contributed by atoms with E-state index in [0.29, 0.717) is 11.1 Å². The fourth-order valence-electron chi connectivity index (χ4n) is 1.79. The van der Waals surface area contributed by atoms with E-state index in [4.69, 9.17) is 9.47 Å². The van der Waals surface area contributed by atoms with Gasteiger partial charge in [0.05, 0.1) is 11.1 Å². The molecule has 5 nitrogen and oxygen atoms in total. The maximum absolute atomic E-state index is 11.9. The van der Waals surface area contributed by atoms with E-state index in [1.54, 1.807) is 30.5 Å². The molecule has 22 heavy (non-hydrogen) atoms. The molecule has 0 saturated heterocycles. The van der Waals surface area contributed by atoms with E-state index in [2.05, 4.69) is 4.98 Å². The van der Waals surface area contributed by atoms with Gasteiger partial charge in [0.15, 0.2) is 0 Å². The van der Waals surface area contributed by atoms with Crippen molar-refractivity contribution in [3.8, 4) is 0 Å². The highest BCUT2D eigenvalue weighted by Gasteiger charge is 2.10. The number of carbonyl (C=O) groups is 2. The van der Waals surface area contributed by atoms with Gasteiger partial charge in [0.2, 0.25) is 0 Å². The monoisotopic (exact) mass is 299 g/mol. The lowest BCUT2D eigenvalue weighted by Gasteiger charge is -2.07. The minimum Gasteiger partial charge on any atom is -0.458 e. The topological polar surface area (TPSA) is 65.5 Å². The van der Waals surface area contributed by atoms with Gasteiger partial charge < -0.3 is 9.47 Å². The van der Waals surface area contributed by atoms with Crippen molar-refractivity contribution in [1.29, 1.82) is 0 Å². The predicted molar refractivity (Wildman–Crippen MR) is 80.7 cm³/mol. The minimum absolute atomic E-state index is 0.00428. The average molecular weight is 299 g/mol. The quantitative estimate of drug-likeness (QED) is 0.627. The molecule has 0 aliphatic carbocycles. The molecule has 0 unspecified atom stereocenters. The second-order valence-corrected chi connectivity index (χ2v) is 4.81. The first-order chi connectivity index (χ1) is 10.6. The van der Waals surface area contributed by atoms with Gasteiger partial charge in [-0.2, -0.15) is 0 Å². The molecule has 0 radical (unpaired) electrons. The van der Waals surface area contributed by atoms with Crippen LogP contribution in [0.1, 0.15) is 31.8 Å². The number of hydrogen-bond acceptors (Lipinski definition) is 5. The summed E-state index contributed by atoms with van der Waals surface area (Å²) in [6.07, 6.45) is 2.99. The lowest BCUT2D eigenvalue weighted by atomic mass is 10.1. The first-order valence-electron chi connectivity index (χ1n) is 6.89. The Kier molecular flexibility index (Phi) is 5.25. The van der Waals surface area contributed by atoms with Gasteiger partial charge in [-0.15, -0.1) is 0 Å². The third-order valence-electron chi connectivity index (χ3n) is 3.19. The largest absolute Gasteiger partial charge is 0.458 e. The molecule has 1 heterocycles. The van der Waals surface area contributed by atoms with E-state index in [1.165, 1.54) is 6.20 Å². The van der Waals surface area contributed by atoms with Crippen LogP contribution in [0.4, 0.5) is 0 Å². The summed E-state index contributed by atoms with van der Waals surface area (Å²) < 4.78 is 10.1. The van der Waals surface area contributed by atoms with E-state index >= 15 is 0 Å². The van der Waals surface area contributed by atoms with Crippen molar-refractivity contribution in [1.82, 2.24) is 4.98 Å². The molecular formula is C17H17NO4. The van der Waals surface area contributed by atoms with Crippen LogP contribution in [0, 0.1) is 13.8 Å². The van der Waals surface area contributed by atoms with Crippen LogP contribution in [0.5, 0.6) is 0 Å². The fourth-order valence-corrected chi connectivity index (χ4v) is 1.79. The van der Waals surface area contributed by atoms with Crippen molar-refractivity contribution in [2.24, 2.45) is 0 Å². The molecule has 2 rings (SSSR count). The number of hydrogen-bond donors (Lipinski definition) is 0. The van der Waals surface area contributed by atoms with E-state index in [0.717, 1.165) is 11.1 Å². The molecule has 0 amide bonds. The Bertz CT molecular complexity index is 668. The summed E-state index contributed by atoms with van der Waals surface area (Å²) in [7, 11) is 0. The van der Waals surface area contributed by atoms with Gasteiger partial charge >= 0.3 is 11.9 Å². The van der Waals surface area contributed by atoms with Crippen LogP contribution in [0.25, 0.3) is 0 Å². The van der Waals surface area contributed by atoms with Crippen molar-refractivity contribution in [3.63, 3.8) is 0 Å². The number of nitrogens with zero attached hydrogens (tertiary/aromatic N) is 1. The van der Waals surface area contributed by atoms with Crippen molar-refractivity contribution in [2.75, 3.05) is 13.2 Å². The highest BCUT2D eigenvalue weighted by molar-refractivity contribution is 5.90. The average Bonchev–Trinajstić information content (AvgIpc) is 2.54. The van der Waals surface area contributed by atoms with Crippen molar-refractivity contribution >= 4 is 11.9 Å². The maximum Gasteiger partial charge on any atom is 0.339 e. The lowest BCUT2D eigenvalue weighted by molar-refractivity contribution is 0.0265. The van der Waals surface area contributed by atoms with E-state index < -0.39 is 11.9 Å². The number of ether oxygens (including phenoxy) is 2. The second-order valence-electron chi connectivity index (χ2n) is 4.81. The summed E-state index contributed by atoms with van der Waals surface area (Å²) in [4.78, 5) is 27.3. The molecular weight excluding hydrogens is 282 g/mol. The van der Waals surface area contributed by atoms with Crippen LogP contribution >= 0.6 is 0 Å². The van der Waals surface area contributed by atoms with E-state index in [-0.39, 0.29) is 13.2 Å². The van der Waals surface area contributed by atoms with Gasteiger partial charge in [0, 0.05) is 12.4 Å². The summed E-state index contributed by atoms with van der Waals surface area (Å²) in [6, 6.07) is 8.62. The van der Waals surface area contributed by atoms with Crippen molar-refractivity contribution in [2.45, 2.75) is 13.8 Å². The van der Waals surface area contributed by atoms with Crippen LogP contribution in [-0.4, -0.2) is 30.1 Å². The number of benzene rings is 1. The zero-order valence-corrected chi connectivity index (χ0v) is 12.5. The molecule has 0 bridgehead atoms. The molecule has 0 N–H and O–H groups in total. The van der Waals surface area contributed by atoms with Crippen LogP contribution in [0.2, 0.25) is 0 Å². The van der Waals surface area contributed by atoms with Crippen molar-refractivity contribution in [3.05, 3.63) is 65.0 Å². The molecule has 0 spiro atoms. The predicted octanol–water partition coefficient (Wildman–Crippen LogP) is 2.71. The van der Waals surface area contributed by atoms with Crippen LogP contribution in [-0.2, 0) is 9.47 Å². The highest BCUT2D eigenvalue weighted by Crippen LogP contribution is 2.10. The highest BCUT2D eigenvalue weighted by atomic mass is 16.6. The summed E-state index contributed by atoms with van der Waals surface area (Å²) in [5, 5.41) is 0. The van der Waals surface area contributed by atoms with Crippen molar-refractivity contribution < 1.29 is 19.1 Å². The summed E-state index contributed by atoms with van der Waals surface area (Å²) in [5.41, 5.74) is 2.99. The number of aromatic nitrogens is 1. The normalized spacial score (nSPS) is 10.1. The van der Waals surface area contributed by atoms with Gasteiger partial charge in [-0.1, -0.05) is 6.07 Å². The van der Waals surface area contributed by atoms with Crippen LogP contribution in [0.3, 0.4) is 0 Å². The zero-order chi connectivity index (χ0) is 15.9. The third kappa shape index (κ3) is 4.15. The van der Waals surface area contributed by atoms with Gasteiger partial charge in [0.1, 0.15) is 13.2 Å². The molecule has 1 aromatic carbocycles. The second kappa shape index (κ2) is 7.36.